The first-order valence-corrected chi connectivity index (χ1v) is 10.5. The molecule has 0 radical (unpaired) electrons. The predicted octanol–water partition coefficient (Wildman–Crippen LogP) is 3.93. The van der Waals surface area contributed by atoms with Crippen LogP contribution in [-0.4, -0.2) is 36.0 Å². The van der Waals surface area contributed by atoms with E-state index in [1.54, 1.807) is 0 Å². The molecule has 2 N–H and O–H groups in total. The van der Waals surface area contributed by atoms with Crippen LogP contribution in [0.25, 0.3) is 0 Å². The number of nitrogens with one attached hydrogen (secondary N) is 2. The molecular weight excluding hydrogens is 338 g/mol. The van der Waals surface area contributed by atoms with Gasteiger partial charge >= 0.3 is 6.03 Å². The topological polar surface area (TPSA) is 61.4 Å². The molecule has 1 saturated heterocycles. The first kappa shape index (κ1) is 19.7. The van der Waals surface area contributed by atoms with Crippen molar-refractivity contribution in [3.8, 4) is 0 Å². The van der Waals surface area contributed by atoms with E-state index in [9.17, 15) is 9.59 Å². The Morgan fingerprint density at radius 3 is 2.37 bits per heavy atom. The summed E-state index contributed by atoms with van der Waals surface area (Å²) in [6, 6.07) is 8.33. The highest BCUT2D eigenvalue weighted by Crippen LogP contribution is 2.24. The van der Waals surface area contributed by atoms with Gasteiger partial charge in [-0.15, -0.1) is 0 Å². The Hall–Kier alpha value is -2.04. The molecule has 1 aromatic carbocycles. The Balaban J connectivity index is 1.43. The van der Waals surface area contributed by atoms with Gasteiger partial charge in [-0.05, 0) is 50.7 Å². The number of urea groups is 1. The zero-order chi connectivity index (χ0) is 19.2. The van der Waals surface area contributed by atoms with Gasteiger partial charge in [0.15, 0.2) is 0 Å². The Morgan fingerprint density at radius 2 is 1.70 bits per heavy atom. The van der Waals surface area contributed by atoms with Gasteiger partial charge in [-0.3, -0.25) is 4.79 Å². The van der Waals surface area contributed by atoms with Crippen molar-refractivity contribution in [1.82, 2.24) is 15.5 Å². The lowest BCUT2D eigenvalue weighted by Crippen LogP contribution is -2.50. The molecule has 0 spiro atoms. The molecule has 27 heavy (non-hydrogen) atoms. The largest absolute Gasteiger partial charge is 0.353 e. The second kappa shape index (κ2) is 9.25. The van der Waals surface area contributed by atoms with Crippen LogP contribution in [0.5, 0.6) is 0 Å². The Bertz CT molecular complexity index is 647. The van der Waals surface area contributed by atoms with Crippen LogP contribution in [0, 0.1) is 12.8 Å². The average molecular weight is 372 g/mol. The van der Waals surface area contributed by atoms with Crippen LogP contribution < -0.4 is 10.6 Å². The smallest absolute Gasteiger partial charge is 0.317 e. The van der Waals surface area contributed by atoms with Gasteiger partial charge < -0.3 is 15.5 Å². The van der Waals surface area contributed by atoms with Crippen LogP contribution in [0.15, 0.2) is 24.3 Å². The molecule has 0 aromatic heterocycles. The van der Waals surface area contributed by atoms with E-state index in [2.05, 4.69) is 29.7 Å². The van der Waals surface area contributed by atoms with E-state index in [-0.39, 0.29) is 29.9 Å². The molecule has 0 bridgehead atoms. The van der Waals surface area contributed by atoms with Crippen molar-refractivity contribution in [3.05, 3.63) is 35.4 Å². The van der Waals surface area contributed by atoms with Gasteiger partial charge in [0.25, 0.3) is 0 Å². The molecule has 1 aliphatic carbocycles. The summed E-state index contributed by atoms with van der Waals surface area (Å²) in [5, 5.41) is 6.34. The molecule has 2 aliphatic rings. The number of nitrogens with zero attached hydrogens (tertiary/aromatic N) is 1. The fourth-order valence-corrected chi connectivity index (χ4v) is 4.34. The summed E-state index contributed by atoms with van der Waals surface area (Å²) < 4.78 is 0. The molecule has 1 aliphatic heterocycles. The predicted molar refractivity (Wildman–Crippen MR) is 107 cm³/mol. The molecule has 5 heteroatoms. The van der Waals surface area contributed by atoms with Crippen molar-refractivity contribution in [1.29, 1.82) is 0 Å². The fraction of sp³-hybridized carbons (Fsp3) is 0.636. The molecular formula is C22H33N3O2. The van der Waals surface area contributed by atoms with Crippen molar-refractivity contribution in [2.75, 3.05) is 13.1 Å². The third-order valence-corrected chi connectivity index (χ3v) is 6.10. The van der Waals surface area contributed by atoms with Crippen LogP contribution in [0.1, 0.15) is 69.0 Å². The van der Waals surface area contributed by atoms with Crippen molar-refractivity contribution in [3.63, 3.8) is 0 Å². The van der Waals surface area contributed by atoms with E-state index >= 15 is 0 Å². The number of likely N-dealkylation sites (tertiary alicyclic amines) is 1. The minimum Gasteiger partial charge on any atom is -0.353 e. The SMILES string of the molecule is Cc1ccccc1C(C)NC(=O)N1CCC(NC(=O)C2CCCCC2)CC1. The van der Waals surface area contributed by atoms with Crippen molar-refractivity contribution < 1.29 is 9.59 Å². The first-order valence-electron chi connectivity index (χ1n) is 10.5. The van der Waals surface area contributed by atoms with Gasteiger partial charge in [-0.1, -0.05) is 43.5 Å². The van der Waals surface area contributed by atoms with Crippen molar-refractivity contribution in [2.45, 2.75) is 70.9 Å². The number of aryl methyl sites for hydroxylation is 1. The first-order chi connectivity index (χ1) is 13.0. The standard InChI is InChI=1S/C22H33N3O2/c1-16-8-6-7-11-20(16)17(2)23-22(27)25-14-12-19(13-15-25)24-21(26)18-9-4-3-5-10-18/h6-8,11,17-19H,3-5,9-10,12-15H2,1-2H3,(H,23,27)(H,24,26). The number of amides is 3. The summed E-state index contributed by atoms with van der Waals surface area (Å²) in [4.78, 5) is 26.9. The number of carbonyl (C=O) groups is 2. The van der Waals surface area contributed by atoms with Crippen LogP contribution in [0.2, 0.25) is 0 Å². The third-order valence-electron chi connectivity index (χ3n) is 6.10. The van der Waals surface area contributed by atoms with E-state index in [1.165, 1.54) is 24.8 Å². The highest BCUT2D eigenvalue weighted by atomic mass is 16.2. The highest BCUT2D eigenvalue weighted by molar-refractivity contribution is 5.79. The minimum atomic E-state index is -0.0116. The number of carbonyl (C=O) groups excluding carboxylic acids is 2. The van der Waals surface area contributed by atoms with E-state index in [1.807, 2.05) is 24.0 Å². The summed E-state index contributed by atoms with van der Waals surface area (Å²) in [7, 11) is 0. The van der Waals surface area contributed by atoms with E-state index < -0.39 is 0 Å². The van der Waals surface area contributed by atoms with Gasteiger partial charge in [0.05, 0.1) is 6.04 Å². The molecule has 1 aromatic rings. The Kier molecular flexibility index (Phi) is 6.75. The van der Waals surface area contributed by atoms with Crippen LogP contribution in [0.4, 0.5) is 4.79 Å². The monoisotopic (exact) mass is 371 g/mol. The van der Waals surface area contributed by atoms with Crippen LogP contribution in [-0.2, 0) is 4.79 Å². The number of hydrogen-bond donors (Lipinski definition) is 2. The van der Waals surface area contributed by atoms with Gasteiger partial charge in [0.2, 0.25) is 5.91 Å². The van der Waals surface area contributed by atoms with Gasteiger partial charge in [0, 0.05) is 25.0 Å². The van der Waals surface area contributed by atoms with Crippen LogP contribution in [0.3, 0.4) is 0 Å². The maximum absolute atomic E-state index is 12.6. The highest BCUT2D eigenvalue weighted by Gasteiger charge is 2.27. The van der Waals surface area contributed by atoms with Gasteiger partial charge in [0.1, 0.15) is 0 Å². The number of hydrogen-bond acceptors (Lipinski definition) is 2. The second-order valence-corrected chi connectivity index (χ2v) is 8.13. The zero-order valence-corrected chi connectivity index (χ0v) is 16.7. The molecule has 3 rings (SSSR count). The Labute approximate surface area is 162 Å². The number of benzene rings is 1. The summed E-state index contributed by atoms with van der Waals surface area (Å²) in [5.41, 5.74) is 2.34. The fourth-order valence-electron chi connectivity index (χ4n) is 4.34. The zero-order valence-electron chi connectivity index (χ0n) is 16.7. The summed E-state index contributed by atoms with van der Waals surface area (Å²) in [6.07, 6.45) is 7.35. The second-order valence-electron chi connectivity index (χ2n) is 8.13. The maximum Gasteiger partial charge on any atom is 0.317 e. The molecule has 1 atom stereocenters. The number of rotatable bonds is 4. The van der Waals surface area contributed by atoms with E-state index in [0.29, 0.717) is 13.1 Å². The number of piperidine rings is 1. The maximum atomic E-state index is 12.6. The van der Waals surface area contributed by atoms with Gasteiger partial charge in [-0.2, -0.15) is 0 Å². The normalized spacial score (nSPS) is 20.1. The molecule has 2 fully saturated rings. The minimum absolute atomic E-state index is 0.0113. The van der Waals surface area contributed by atoms with Crippen LogP contribution >= 0.6 is 0 Å². The molecule has 3 amide bonds. The third kappa shape index (κ3) is 5.24. The summed E-state index contributed by atoms with van der Waals surface area (Å²) >= 11 is 0. The molecule has 1 saturated carbocycles. The summed E-state index contributed by atoms with van der Waals surface area (Å²) in [6.45, 7) is 5.49. The molecule has 5 nitrogen and oxygen atoms in total. The molecule has 1 unspecified atom stereocenters. The quantitative estimate of drug-likeness (QED) is 0.842. The lowest BCUT2D eigenvalue weighted by molar-refractivity contribution is -0.126. The van der Waals surface area contributed by atoms with Crippen molar-refractivity contribution >= 4 is 11.9 Å². The average Bonchev–Trinajstić information content (AvgIpc) is 2.69. The van der Waals surface area contributed by atoms with E-state index in [4.69, 9.17) is 0 Å². The molecule has 1 heterocycles. The molecule has 148 valence electrons. The van der Waals surface area contributed by atoms with E-state index in [0.717, 1.165) is 31.2 Å². The van der Waals surface area contributed by atoms with Crippen molar-refractivity contribution in [2.24, 2.45) is 5.92 Å². The lowest BCUT2D eigenvalue weighted by Gasteiger charge is -2.34. The van der Waals surface area contributed by atoms with Gasteiger partial charge in [-0.25, -0.2) is 4.79 Å². The Morgan fingerprint density at radius 1 is 1.04 bits per heavy atom. The summed E-state index contributed by atoms with van der Waals surface area (Å²) in [5.74, 6) is 0.431. The lowest BCUT2D eigenvalue weighted by atomic mass is 9.88.